The Bertz CT molecular complexity index is 147. The molecule has 1 saturated carbocycles. The van der Waals surface area contributed by atoms with E-state index in [0.29, 0.717) is 17.3 Å². The van der Waals surface area contributed by atoms with E-state index in [-0.39, 0.29) is 0 Å². The molecule has 10 heavy (non-hydrogen) atoms. The molecule has 0 aromatic carbocycles. The largest absolute Gasteiger partial charge is 0.294 e. The summed E-state index contributed by atoms with van der Waals surface area (Å²) in [5.74, 6) is -0.936. The molecule has 0 spiro atoms. The quantitative estimate of drug-likeness (QED) is 0.321. The zero-order valence-electron chi connectivity index (χ0n) is 6.73. The fourth-order valence-electron chi connectivity index (χ4n) is 1.19. The maximum Gasteiger partial charge on any atom is 0.242 e. The van der Waals surface area contributed by atoms with Crippen LogP contribution in [-0.4, -0.2) is 30.9 Å². The maximum atomic E-state index is 13.4. The second kappa shape index (κ2) is 2.06. The Balaban J connectivity index is 2.58. The van der Waals surface area contributed by atoms with E-state index < -0.39 is 5.79 Å². The van der Waals surface area contributed by atoms with Gasteiger partial charge in [-0.15, -0.1) is 0 Å². The summed E-state index contributed by atoms with van der Waals surface area (Å²) in [7, 11) is 3.82. The van der Waals surface area contributed by atoms with Crippen LogP contribution < -0.4 is 0 Å². The van der Waals surface area contributed by atoms with E-state index in [1.54, 1.807) is 6.08 Å². The number of nitrogens with zero attached hydrogens (tertiary/aromatic N) is 1. The summed E-state index contributed by atoms with van der Waals surface area (Å²) in [6, 6.07) is 0. The van der Waals surface area contributed by atoms with Crippen LogP contribution in [0.3, 0.4) is 0 Å². The Morgan fingerprint density at radius 2 is 2.10 bits per heavy atom. The smallest absolute Gasteiger partial charge is 0.242 e. The SMILES string of the molecule is C=CC[N+](C)(C)C1(F)CC1. The molecule has 1 aliphatic rings. The van der Waals surface area contributed by atoms with Crippen molar-refractivity contribution in [3.63, 3.8) is 0 Å². The van der Waals surface area contributed by atoms with E-state index in [1.165, 1.54) is 0 Å². The van der Waals surface area contributed by atoms with Crippen molar-refractivity contribution in [2.75, 3.05) is 20.6 Å². The highest BCUT2D eigenvalue weighted by atomic mass is 19.1. The first-order chi connectivity index (χ1) is 4.52. The third kappa shape index (κ3) is 1.08. The fraction of sp³-hybridized carbons (Fsp3) is 0.750. The van der Waals surface area contributed by atoms with Crippen molar-refractivity contribution in [3.8, 4) is 0 Å². The van der Waals surface area contributed by atoms with Gasteiger partial charge in [-0.2, -0.15) is 4.39 Å². The summed E-state index contributed by atoms with van der Waals surface area (Å²) in [6.07, 6.45) is 3.21. The van der Waals surface area contributed by atoms with Gasteiger partial charge < -0.3 is 0 Å². The Hall–Kier alpha value is -0.370. The highest BCUT2D eigenvalue weighted by Gasteiger charge is 2.57. The van der Waals surface area contributed by atoms with Crippen LogP contribution in [0.2, 0.25) is 0 Å². The molecule has 0 atom stereocenters. The summed E-state index contributed by atoms with van der Waals surface area (Å²) in [5, 5.41) is 0. The van der Waals surface area contributed by atoms with Gasteiger partial charge in [-0.1, -0.05) is 6.58 Å². The van der Waals surface area contributed by atoms with Crippen molar-refractivity contribution in [1.82, 2.24) is 0 Å². The average Bonchev–Trinajstić information content (AvgIpc) is 2.49. The molecule has 0 bridgehead atoms. The summed E-state index contributed by atoms with van der Waals surface area (Å²) >= 11 is 0. The molecule has 1 nitrogen and oxygen atoms in total. The normalized spacial score (nSPS) is 22.3. The van der Waals surface area contributed by atoms with Crippen LogP contribution in [0.1, 0.15) is 12.8 Å². The number of alkyl halides is 1. The second-order valence-corrected chi connectivity index (χ2v) is 3.57. The molecule has 1 fully saturated rings. The summed E-state index contributed by atoms with van der Waals surface area (Å²) < 4.78 is 13.8. The van der Waals surface area contributed by atoms with Gasteiger partial charge in [0.1, 0.15) is 0 Å². The number of hydrogen-bond acceptors (Lipinski definition) is 0. The third-order valence-corrected chi connectivity index (χ3v) is 2.33. The molecule has 0 aliphatic heterocycles. The van der Waals surface area contributed by atoms with Crippen molar-refractivity contribution in [3.05, 3.63) is 12.7 Å². The van der Waals surface area contributed by atoms with Crippen molar-refractivity contribution >= 4 is 0 Å². The minimum Gasteiger partial charge on any atom is -0.294 e. The van der Waals surface area contributed by atoms with Gasteiger partial charge in [0.15, 0.2) is 0 Å². The first-order valence-electron chi connectivity index (χ1n) is 3.65. The molecule has 0 amide bonds. The molecule has 1 rings (SSSR count). The van der Waals surface area contributed by atoms with Crippen molar-refractivity contribution in [1.29, 1.82) is 0 Å². The van der Waals surface area contributed by atoms with Crippen LogP contribution >= 0.6 is 0 Å². The number of halogens is 1. The predicted molar refractivity (Wildman–Crippen MR) is 40.2 cm³/mol. The number of hydrogen-bond donors (Lipinski definition) is 0. The van der Waals surface area contributed by atoms with Gasteiger partial charge in [-0.25, -0.2) is 0 Å². The first kappa shape index (κ1) is 7.73. The lowest BCUT2D eigenvalue weighted by Gasteiger charge is -2.32. The van der Waals surface area contributed by atoms with Gasteiger partial charge in [0, 0.05) is 12.8 Å². The van der Waals surface area contributed by atoms with Crippen LogP contribution in [0.4, 0.5) is 4.39 Å². The van der Waals surface area contributed by atoms with Crippen LogP contribution in [-0.2, 0) is 0 Å². The van der Waals surface area contributed by atoms with Gasteiger partial charge >= 0.3 is 0 Å². The fourth-order valence-corrected chi connectivity index (χ4v) is 1.19. The van der Waals surface area contributed by atoms with E-state index in [1.807, 2.05) is 14.1 Å². The Morgan fingerprint density at radius 3 is 2.40 bits per heavy atom. The standard InChI is InChI=1S/C8H15FN/c1-4-7-10(2,3)8(9)5-6-8/h4H,1,5-7H2,2-3H3/q+1. The highest BCUT2D eigenvalue weighted by molar-refractivity contribution is 4.86. The van der Waals surface area contributed by atoms with Gasteiger partial charge in [-0.3, -0.25) is 4.48 Å². The number of likely N-dealkylation sites (N-methyl/N-ethyl adjacent to an activating group) is 1. The molecule has 2 heteroatoms. The molecule has 0 heterocycles. The Kier molecular flexibility index (Phi) is 1.59. The van der Waals surface area contributed by atoms with Crippen molar-refractivity contribution in [2.24, 2.45) is 0 Å². The maximum absolute atomic E-state index is 13.4. The second-order valence-electron chi connectivity index (χ2n) is 3.57. The monoisotopic (exact) mass is 144 g/mol. The van der Waals surface area contributed by atoms with E-state index in [9.17, 15) is 4.39 Å². The molecule has 0 radical (unpaired) electrons. The van der Waals surface area contributed by atoms with E-state index in [2.05, 4.69) is 6.58 Å². The summed E-state index contributed by atoms with van der Waals surface area (Å²) in [4.78, 5) is 0. The van der Waals surface area contributed by atoms with Gasteiger partial charge in [-0.05, 0) is 6.08 Å². The van der Waals surface area contributed by atoms with Crippen LogP contribution in [0.25, 0.3) is 0 Å². The number of rotatable bonds is 3. The van der Waals surface area contributed by atoms with Crippen LogP contribution in [0.15, 0.2) is 12.7 Å². The lowest BCUT2D eigenvalue weighted by molar-refractivity contribution is -0.936. The zero-order valence-corrected chi connectivity index (χ0v) is 6.73. The third-order valence-electron chi connectivity index (χ3n) is 2.33. The van der Waals surface area contributed by atoms with E-state index in [4.69, 9.17) is 0 Å². The van der Waals surface area contributed by atoms with Crippen molar-refractivity contribution < 1.29 is 8.87 Å². The minimum absolute atomic E-state index is 0.441. The lowest BCUT2D eigenvalue weighted by atomic mass is 10.4. The van der Waals surface area contributed by atoms with Crippen molar-refractivity contribution in [2.45, 2.75) is 18.6 Å². The number of quaternary nitrogens is 1. The van der Waals surface area contributed by atoms with Crippen LogP contribution in [0.5, 0.6) is 0 Å². The molecule has 0 aromatic heterocycles. The molecule has 0 unspecified atom stereocenters. The molecule has 0 aromatic rings. The lowest BCUT2D eigenvalue weighted by Crippen LogP contribution is -2.48. The zero-order chi connectivity index (χ0) is 7.83. The Morgan fingerprint density at radius 1 is 1.60 bits per heavy atom. The molecule has 0 saturated heterocycles. The van der Waals surface area contributed by atoms with Gasteiger partial charge in [0.2, 0.25) is 5.79 Å². The summed E-state index contributed by atoms with van der Waals surface area (Å²) in [6.45, 7) is 4.32. The van der Waals surface area contributed by atoms with Gasteiger partial charge in [0.05, 0.1) is 20.6 Å². The minimum atomic E-state index is -0.936. The van der Waals surface area contributed by atoms with E-state index in [0.717, 1.165) is 6.54 Å². The molecular formula is C8H15FN+. The molecule has 1 aliphatic carbocycles. The highest BCUT2D eigenvalue weighted by Crippen LogP contribution is 2.45. The van der Waals surface area contributed by atoms with E-state index >= 15 is 0 Å². The average molecular weight is 144 g/mol. The first-order valence-corrected chi connectivity index (χ1v) is 3.65. The Labute approximate surface area is 61.7 Å². The van der Waals surface area contributed by atoms with Crippen LogP contribution in [0, 0.1) is 0 Å². The topological polar surface area (TPSA) is 0 Å². The van der Waals surface area contributed by atoms with Gasteiger partial charge in [0.25, 0.3) is 0 Å². The predicted octanol–water partition coefficient (Wildman–Crippen LogP) is 1.71. The molecule has 58 valence electrons. The molecule has 0 N–H and O–H groups in total. The molecular weight excluding hydrogens is 129 g/mol. The summed E-state index contributed by atoms with van der Waals surface area (Å²) in [5.41, 5.74) is 0.